The van der Waals surface area contributed by atoms with Crippen LogP contribution in [0.2, 0.25) is 20.1 Å². The summed E-state index contributed by atoms with van der Waals surface area (Å²) in [4.78, 5) is 123. The normalized spacial score (nSPS) is 15.9. The minimum atomic E-state index is -1.29. The summed E-state index contributed by atoms with van der Waals surface area (Å²) in [6, 6.07) is 36.9. The molecule has 22 heteroatoms. The van der Waals surface area contributed by atoms with Crippen LogP contribution < -0.4 is 10.6 Å². The van der Waals surface area contributed by atoms with Crippen molar-refractivity contribution in [3.05, 3.63) is 232 Å². The largest absolute Gasteiger partial charge is 0.480 e. The van der Waals surface area contributed by atoms with Gasteiger partial charge < -0.3 is 40.2 Å². The van der Waals surface area contributed by atoms with Crippen molar-refractivity contribution in [1.29, 1.82) is 0 Å². The van der Waals surface area contributed by atoms with Gasteiger partial charge in [0.25, 0.3) is 23.6 Å². The van der Waals surface area contributed by atoms with E-state index in [1.807, 2.05) is 60.7 Å². The van der Waals surface area contributed by atoms with Gasteiger partial charge in [-0.15, -0.1) is 0 Å². The summed E-state index contributed by atoms with van der Waals surface area (Å²) in [5.41, 5.74) is 12.7. The molecule has 0 saturated carbocycles. The Kier molecular flexibility index (Phi) is 20.2. The summed E-state index contributed by atoms with van der Waals surface area (Å²) in [7, 11) is 0. The molecule has 0 saturated heterocycles. The highest BCUT2D eigenvalue weighted by Crippen LogP contribution is 2.40. The van der Waals surface area contributed by atoms with E-state index in [1.165, 1.54) is 22.3 Å². The molecule has 95 heavy (non-hydrogen) atoms. The number of aryl methyl sites for hydroxylation is 2. The number of nitrogens with one attached hydrogen (secondary N) is 4. The summed E-state index contributed by atoms with van der Waals surface area (Å²) < 4.78 is 5.61. The second-order valence-corrected chi connectivity index (χ2v) is 26.1. The van der Waals surface area contributed by atoms with Gasteiger partial charge in [0.2, 0.25) is 0 Å². The Hall–Kier alpha value is -9.20. The average molecular weight is 1360 g/mol. The lowest BCUT2D eigenvalue weighted by atomic mass is 9.93. The van der Waals surface area contributed by atoms with Crippen LogP contribution in [0, 0.1) is 0 Å². The van der Waals surface area contributed by atoms with E-state index in [9.17, 15) is 43.5 Å². The van der Waals surface area contributed by atoms with Gasteiger partial charge in [-0.1, -0.05) is 125 Å². The molecule has 7 aromatic carbocycles. The van der Waals surface area contributed by atoms with E-state index in [4.69, 9.17) is 51.1 Å². The number of fused-ring (bicyclic) bond motifs is 6. The number of imidazole rings is 2. The number of hydrogen-bond donors (Lipinski definition) is 5. The zero-order chi connectivity index (χ0) is 66.4. The molecule has 4 atom stereocenters. The second kappa shape index (κ2) is 29.2. The van der Waals surface area contributed by atoms with E-state index in [0.717, 1.165) is 64.4 Å². The van der Waals surface area contributed by atoms with Gasteiger partial charge in [0.05, 0.1) is 65.9 Å². The van der Waals surface area contributed by atoms with E-state index in [1.54, 1.807) is 71.0 Å². The number of esters is 1. The number of H-pyrrole nitrogens is 2. The number of aliphatic carboxylic acids is 1. The lowest BCUT2D eigenvalue weighted by Crippen LogP contribution is -2.42. The Morgan fingerprint density at radius 2 is 1.00 bits per heavy atom. The fraction of sp³-hybridized carbons (Fsp3) is 0.288. The van der Waals surface area contributed by atoms with Crippen molar-refractivity contribution >= 4 is 116 Å². The van der Waals surface area contributed by atoms with Gasteiger partial charge >= 0.3 is 11.9 Å². The van der Waals surface area contributed by atoms with Gasteiger partial charge in [-0.3, -0.25) is 28.8 Å². The second-order valence-electron chi connectivity index (χ2n) is 24.5. The van der Waals surface area contributed by atoms with Crippen LogP contribution in [0.15, 0.2) is 140 Å². The summed E-state index contributed by atoms with van der Waals surface area (Å²) in [6.45, 7) is 1.29. The molecule has 13 rings (SSSR count). The summed E-state index contributed by atoms with van der Waals surface area (Å²) in [5, 5.41) is 15.6. The Morgan fingerprint density at radius 1 is 0.547 bits per heavy atom. The maximum absolute atomic E-state index is 13.8. The first kappa shape index (κ1) is 65.8. The predicted molar refractivity (Wildman–Crippen MR) is 361 cm³/mol. The number of carboxylic acid groups (broad SMARTS) is 1. The van der Waals surface area contributed by atoms with E-state index in [-0.39, 0.29) is 112 Å². The number of Topliss-reactive ketones (excluding diaryl/α,β-unsaturated/α-hetero) is 2. The number of hydrogen-bond acceptors (Lipinski definition) is 11. The van der Waals surface area contributed by atoms with Crippen molar-refractivity contribution in [3.8, 4) is 0 Å². The van der Waals surface area contributed by atoms with E-state index < -0.39 is 35.8 Å². The first-order valence-corrected chi connectivity index (χ1v) is 33.1. The van der Waals surface area contributed by atoms with Crippen molar-refractivity contribution in [2.24, 2.45) is 0 Å². The van der Waals surface area contributed by atoms with E-state index >= 15 is 0 Å². The number of halogens is 4. The van der Waals surface area contributed by atoms with Crippen molar-refractivity contribution in [2.45, 2.75) is 121 Å². The molecule has 0 unspecified atom stereocenters. The molecule has 4 heterocycles. The number of amides is 4. The van der Waals surface area contributed by atoms with Crippen LogP contribution >= 0.6 is 46.4 Å². The minimum absolute atomic E-state index is 0.0141. The first-order chi connectivity index (χ1) is 45.9. The van der Waals surface area contributed by atoms with Crippen molar-refractivity contribution in [2.75, 3.05) is 13.1 Å². The monoisotopic (exact) mass is 1350 g/mol. The quantitative estimate of drug-likeness (QED) is 0.0447. The van der Waals surface area contributed by atoms with Gasteiger partial charge in [-0.05, 0) is 162 Å². The Bertz CT molecular complexity index is 4500. The number of ether oxygens (including phenoxy) is 1. The summed E-state index contributed by atoms with van der Waals surface area (Å²) >= 11 is 26.8. The summed E-state index contributed by atoms with van der Waals surface area (Å²) in [6.07, 6.45) is 8.48. The Balaban J connectivity index is 0.000000184. The number of ketones is 2. The SMILES string of the molecule is O=C(CC[C@H](NC(=O)c1c(Cl)cc2c(c1Cl)CCN(C(=O)c1ccc3nc[nH]c3c1)C2)C(=O)O)C[C@@H]1CCc2ccccc21.O=C(CC[C@H](NC(=O)c1c(Cl)cc2c(c1Cl)CCN(C(=O)c1ccc3nc[nH]c3c1)C2)C(=O)OCc1ccccc1)C[C@@H]1CCc2ccccc21. The zero-order valence-corrected chi connectivity index (χ0v) is 54.6. The number of rotatable bonds is 20. The molecule has 2 aliphatic carbocycles. The third-order valence-electron chi connectivity index (χ3n) is 18.5. The fourth-order valence-electron chi connectivity index (χ4n) is 13.4. The molecule has 0 spiro atoms. The maximum Gasteiger partial charge on any atom is 0.328 e. The molecule has 0 radical (unpaired) electrons. The van der Waals surface area contributed by atoms with Crippen LogP contribution in [0.25, 0.3) is 22.1 Å². The van der Waals surface area contributed by atoms with Crippen LogP contribution in [0.3, 0.4) is 0 Å². The topological polar surface area (TPSA) is 254 Å². The standard InChI is InChI=1S/C40H36Cl2N4O5.C33H30Cl2N4O5/c41-32-19-28-21-46(39(49)27-12-14-33-35(20-27)44-23-43-33)17-16-31(28)37(42)36(32)38(48)45-34(40(50)51-22-24-6-2-1-3-7-24)15-13-29(47)18-26-11-10-25-8-4-5-9-30(25)26;34-25-14-21-16-39(32(42)20-7-9-26-28(15-20)37-17-36-26)12-11-24(21)30(35)29(25)31(41)38-27(33(43)44)10-8-22(40)13-19-6-5-18-3-1-2-4-23(18)19/h1-9,12,14,19-20,23,26,34H,10-11,13,15-18,21-22H2,(H,43,44)(H,45,48);1-4,7,9,14-15,17,19,27H,5-6,8,10-13,16H2,(H,36,37)(H,38,41)(H,43,44)/t26-,34-;19-,27-/m00/s1. The van der Waals surface area contributed by atoms with Gasteiger partial charge in [0, 0.05) is 63.0 Å². The van der Waals surface area contributed by atoms with Crippen LogP contribution in [0.4, 0.5) is 0 Å². The fourth-order valence-corrected chi connectivity index (χ4v) is 15.0. The van der Waals surface area contributed by atoms with Crippen molar-refractivity contribution < 1.29 is 48.2 Å². The van der Waals surface area contributed by atoms with Crippen molar-refractivity contribution in [1.82, 2.24) is 40.4 Å². The molecule has 9 aromatic rings. The van der Waals surface area contributed by atoms with Crippen LogP contribution in [-0.2, 0) is 69.3 Å². The predicted octanol–water partition coefficient (Wildman–Crippen LogP) is 13.1. The van der Waals surface area contributed by atoms with Gasteiger partial charge in [-0.2, -0.15) is 0 Å². The highest BCUT2D eigenvalue weighted by molar-refractivity contribution is 6.41. The molecular weight excluding hydrogens is 1290 g/mol. The number of carboxylic acids is 1. The number of aromatic amines is 2. The maximum atomic E-state index is 13.8. The highest BCUT2D eigenvalue weighted by atomic mass is 35.5. The summed E-state index contributed by atoms with van der Waals surface area (Å²) in [5.74, 6) is -3.31. The Labute approximate surface area is 567 Å². The van der Waals surface area contributed by atoms with Crippen LogP contribution in [0.1, 0.15) is 155 Å². The molecule has 4 aliphatic rings. The molecule has 2 aromatic heterocycles. The molecule has 486 valence electrons. The molecule has 2 aliphatic heterocycles. The Morgan fingerprint density at radius 3 is 1.48 bits per heavy atom. The molecule has 0 bridgehead atoms. The smallest absolute Gasteiger partial charge is 0.328 e. The molecule has 0 fully saturated rings. The van der Waals surface area contributed by atoms with Gasteiger partial charge in [0.15, 0.2) is 0 Å². The van der Waals surface area contributed by atoms with E-state index in [0.29, 0.717) is 61.0 Å². The van der Waals surface area contributed by atoms with Gasteiger partial charge in [0.1, 0.15) is 30.3 Å². The zero-order valence-electron chi connectivity index (χ0n) is 51.5. The van der Waals surface area contributed by atoms with Crippen LogP contribution in [0.5, 0.6) is 0 Å². The molecule has 18 nitrogen and oxygen atoms in total. The lowest BCUT2D eigenvalue weighted by Gasteiger charge is -2.30. The van der Waals surface area contributed by atoms with Crippen LogP contribution in [-0.4, -0.2) is 107 Å². The lowest BCUT2D eigenvalue weighted by molar-refractivity contribution is -0.147. The number of carbonyl (C=O) groups excluding carboxylic acids is 7. The average Bonchev–Trinajstić information content (AvgIpc) is 1.78. The molecular formula is C73H66Cl4N8O10. The third-order valence-corrected chi connectivity index (χ3v) is 19.9. The van der Waals surface area contributed by atoms with Crippen molar-refractivity contribution in [3.63, 3.8) is 0 Å². The third kappa shape index (κ3) is 14.9. The number of benzene rings is 7. The van der Waals surface area contributed by atoms with E-state index in [2.05, 4.69) is 48.8 Å². The minimum Gasteiger partial charge on any atom is -0.480 e. The highest BCUT2D eigenvalue weighted by Gasteiger charge is 2.34. The number of carbonyl (C=O) groups is 8. The number of aromatic nitrogens is 4. The first-order valence-electron chi connectivity index (χ1n) is 31.6. The number of nitrogens with zero attached hydrogens (tertiary/aromatic N) is 4. The molecule has 5 N–H and O–H groups in total. The van der Waals surface area contributed by atoms with Gasteiger partial charge in [-0.25, -0.2) is 19.6 Å². The molecule has 4 amide bonds.